The minimum Gasteiger partial charge on any atom is -0.476 e. The third kappa shape index (κ3) is 3.97. The highest BCUT2D eigenvalue weighted by Gasteiger charge is 2.21. The van der Waals surface area contributed by atoms with E-state index >= 15 is 0 Å². The smallest absolute Gasteiger partial charge is 0.175 e. The zero-order chi connectivity index (χ0) is 20.6. The molecule has 2 heterocycles. The number of hydrogen-bond donors (Lipinski definition) is 1. The molecule has 0 radical (unpaired) electrons. The summed E-state index contributed by atoms with van der Waals surface area (Å²) in [6.07, 6.45) is 1.96. The molecule has 5 nitrogen and oxygen atoms in total. The number of pyridine rings is 1. The highest BCUT2D eigenvalue weighted by molar-refractivity contribution is 7.90. The average molecular weight is 414 g/mol. The van der Waals surface area contributed by atoms with Gasteiger partial charge in [0, 0.05) is 23.9 Å². The summed E-state index contributed by atoms with van der Waals surface area (Å²) >= 11 is 0. The van der Waals surface area contributed by atoms with Gasteiger partial charge in [-0.2, -0.15) is 0 Å². The maximum atomic E-state index is 14.2. The molecule has 0 aliphatic heterocycles. The van der Waals surface area contributed by atoms with E-state index in [-0.39, 0.29) is 10.6 Å². The summed E-state index contributed by atoms with van der Waals surface area (Å²) in [5.41, 5.74) is 1.81. The number of rotatable bonds is 5. The number of benzene rings is 2. The Morgan fingerprint density at radius 2 is 1.79 bits per heavy atom. The number of aromatic amines is 1. The number of ether oxygens (including phenoxy) is 1. The number of hydrogen-bond acceptors (Lipinski definition) is 4. The van der Waals surface area contributed by atoms with E-state index in [1.165, 1.54) is 18.2 Å². The second-order valence-electron chi connectivity index (χ2n) is 6.58. The zero-order valence-corrected chi connectivity index (χ0v) is 16.1. The van der Waals surface area contributed by atoms with Crippen molar-refractivity contribution in [2.75, 3.05) is 6.26 Å². The lowest BCUT2D eigenvalue weighted by Crippen LogP contribution is -2.11. The van der Waals surface area contributed by atoms with Gasteiger partial charge in [-0.3, -0.25) is 0 Å². The average Bonchev–Trinajstić information content (AvgIpc) is 3.11. The standard InChI is InChI=1S/C21H16F2N2O3S/c1-29(26,27)16-7-4-13(5-8-16)20(28-19-9-6-15(22)12-17(19)23)18-11-14-3-2-10-24-21(14)25-18/h2-12,20H,1H3,(H,24,25). The molecule has 1 atom stereocenters. The lowest BCUT2D eigenvalue weighted by atomic mass is 10.1. The number of aromatic nitrogens is 2. The number of nitrogens with zero attached hydrogens (tertiary/aromatic N) is 1. The van der Waals surface area contributed by atoms with Gasteiger partial charge >= 0.3 is 0 Å². The number of nitrogens with one attached hydrogen (secondary N) is 1. The molecule has 0 spiro atoms. The van der Waals surface area contributed by atoms with E-state index < -0.39 is 27.6 Å². The molecule has 1 N–H and O–H groups in total. The van der Waals surface area contributed by atoms with Crippen LogP contribution >= 0.6 is 0 Å². The van der Waals surface area contributed by atoms with Crippen LogP contribution in [-0.4, -0.2) is 24.6 Å². The van der Waals surface area contributed by atoms with Crippen LogP contribution in [0.5, 0.6) is 5.75 Å². The minimum absolute atomic E-state index is 0.129. The van der Waals surface area contributed by atoms with Gasteiger partial charge in [0.15, 0.2) is 27.5 Å². The van der Waals surface area contributed by atoms with E-state index in [4.69, 9.17) is 4.74 Å². The summed E-state index contributed by atoms with van der Waals surface area (Å²) in [4.78, 5) is 7.54. The van der Waals surface area contributed by atoms with Crippen LogP contribution in [-0.2, 0) is 9.84 Å². The van der Waals surface area contributed by atoms with Crippen molar-refractivity contribution in [1.82, 2.24) is 9.97 Å². The first-order chi connectivity index (χ1) is 13.8. The maximum absolute atomic E-state index is 14.2. The Bertz CT molecular complexity index is 1250. The molecular formula is C21H16F2N2O3S. The van der Waals surface area contributed by atoms with Crippen LogP contribution in [0.25, 0.3) is 11.0 Å². The number of halogens is 2. The van der Waals surface area contributed by atoms with E-state index in [9.17, 15) is 17.2 Å². The topological polar surface area (TPSA) is 72.1 Å². The first kappa shape index (κ1) is 19.1. The summed E-state index contributed by atoms with van der Waals surface area (Å²) < 4.78 is 56.8. The van der Waals surface area contributed by atoms with Crippen molar-refractivity contribution < 1.29 is 21.9 Å². The third-order valence-electron chi connectivity index (χ3n) is 4.44. The number of H-pyrrole nitrogens is 1. The molecule has 148 valence electrons. The summed E-state index contributed by atoms with van der Waals surface area (Å²) in [5.74, 6) is -1.68. The fraction of sp³-hybridized carbons (Fsp3) is 0.0952. The summed E-state index contributed by atoms with van der Waals surface area (Å²) in [6, 6.07) is 14.7. The normalized spacial score (nSPS) is 12.8. The summed E-state index contributed by atoms with van der Waals surface area (Å²) in [6.45, 7) is 0. The molecule has 4 rings (SSSR count). The Hall–Kier alpha value is -3.26. The quantitative estimate of drug-likeness (QED) is 0.525. The van der Waals surface area contributed by atoms with Gasteiger partial charge in [-0.1, -0.05) is 12.1 Å². The van der Waals surface area contributed by atoms with E-state index in [1.54, 1.807) is 24.4 Å². The lowest BCUT2D eigenvalue weighted by molar-refractivity contribution is 0.231. The van der Waals surface area contributed by atoms with Crippen LogP contribution in [0.2, 0.25) is 0 Å². The second-order valence-corrected chi connectivity index (χ2v) is 8.60. The van der Waals surface area contributed by atoms with E-state index in [1.807, 2.05) is 12.1 Å². The monoisotopic (exact) mass is 414 g/mol. The van der Waals surface area contributed by atoms with Crippen LogP contribution in [0, 0.1) is 11.6 Å². The fourth-order valence-electron chi connectivity index (χ4n) is 3.02. The Morgan fingerprint density at radius 3 is 2.45 bits per heavy atom. The molecule has 1 unspecified atom stereocenters. The van der Waals surface area contributed by atoms with Crippen LogP contribution in [0.4, 0.5) is 8.78 Å². The lowest BCUT2D eigenvalue weighted by Gasteiger charge is -2.19. The molecule has 0 saturated heterocycles. The Balaban J connectivity index is 1.79. The number of fused-ring (bicyclic) bond motifs is 1. The van der Waals surface area contributed by atoms with Crippen LogP contribution < -0.4 is 4.74 Å². The third-order valence-corrected chi connectivity index (χ3v) is 5.57. The minimum atomic E-state index is -3.36. The molecule has 0 fully saturated rings. The predicted molar refractivity (Wildman–Crippen MR) is 104 cm³/mol. The second kappa shape index (κ2) is 7.29. The molecule has 0 aliphatic carbocycles. The summed E-state index contributed by atoms with van der Waals surface area (Å²) in [7, 11) is -3.36. The van der Waals surface area contributed by atoms with Crippen molar-refractivity contribution in [3.8, 4) is 5.75 Å². The summed E-state index contributed by atoms with van der Waals surface area (Å²) in [5, 5.41) is 0.837. The molecular weight excluding hydrogens is 398 g/mol. The highest BCUT2D eigenvalue weighted by Crippen LogP contribution is 2.32. The van der Waals surface area contributed by atoms with Gasteiger partial charge in [0.25, 0.3) is 0 Å². The molecule has 4 aromatic rings. The fourth-order valence-corrected chi connectivity index (χ4v) is 3.65. The van der Waals surface area contributed by atoms with Gasteiger partial charge in [0.05, 0.1) is 10.6 Å². The van der Waals surface area contributed by atoms with Crippen molar-refractivity contribution in [3.63, 3.8) is 0 Å². The molecule has 0 saturated carbocycles. The van der Waals surface area contributed by atoms with Crippen LogP contribution in [0.15, 0.2) is 71.8 Å². The maximum Gasteiger partial charge on any atom is 0.175 e. The first-order valence-corrected chi connectivity index (χ1v) is 10.6. The highest BCUT2D eigenvalue weighted by atomic mass is 32.2. The van der Waals surface area contributed by atoms with Crippen molar-refractivity contribution in [2.24, 2.45) is 0 Å². The van der Waals surface area contributed by atoms with Crippen molar-refractivity contribution in [1.29, 1.82) is 0 Å². The van der Waals surface area contributed by atoms with E-state index in [2.05, 4.69) is 9.97 Å². The van der Waals surface area contributed by atoms with Gasteiger partial charge < -0.3 is 9.72 Å². The Kier molecular flexibility index (Phi) is 4.79. The van der Waals surface area contributed by atoms with E-state index in [0.29, 0.717) is 16.9 Å². The van der Waals surface area contributed by atoms with Crippen molar-refractivity contribution in [3.05, 3.63) is 89.8 Å². The van der Waals surface area contributed by atoms with Gasteiger partial charge in [-0.25, -0.2) is 22.2 Å². The largest absolute Gasteiger partial charge is 0.476 e. The number of sulfone groups is 1. The van der Waals surface area contributed by atoms with Gasteiger partial charge in [0.2, 0.25) is 0 Å². The molecule has 0 amide bonds. The molecule has 2 aromatic carbocycles. The van der Waals surface area contributed by atoms with Crippen molar-refractivity contribution >= 4 is 20.9 Å². The molecule has 0 aliphatic rings. The molecule has 29 heavy (non-hydrogen) atoms. The first-order valence-electron chi connectivity index (χ1n) is 8.66. The van der Waals surface area contributed by atoms with Gasteiger partial charge in [-0.05, 0) is 48.0 Å². The van der Waals surface area contributed by atoms with E-state index in [0.717, 1.165) is 23.8 Å². The molecule has 0 bridgehead atoms. The van der Waals surface area contributed by atoms with Gasteiger partial charge in [0.1, 0.15) is 11.5 Å². The molecule has 2 aromatic heterocycles. The molecule has 8 heteroatoms. The van der Waals surface area contributed by atoms with Gasteiger partial charge in [-0.15, -0.1) is 0 Å². The SMILES string of the molecule is CS(=O)(=O)c1ccc(C(Oc2ccc(F)cc2F)c2cc3cccnc3[nH]2)cc1. The van der Waals surface area contributed by atoms with Crippen molar-refractivity contribution in [2.45, 2.75) is 11.0 Å². The Labute approximate surface area is 165 Å². The Morgan fingerprint density at radius 1 is 1.03 bits per heavy atom. The zero-order valence-electron chi connectivity index (χ0n) is 15.3. The van der Waals surface area contributed by atoms with Crippen LogP contribution in [0.3, 0.4) is 0 Å². The van der Waals surface area contributed by atoms with Crippen LogP contribution in [0.1, 0.15) is 17.4 Å². The predicted octanol–water partition coefficient (Wildman–Crippen LogP) is 4.41.